The average Bonchev–Trinajstić information content (AvgIpc) is 2.66. The Morgan fingerprint density at radius 3 is 2.00 bits per heavy atom. The van der Waals surface area contributed by atoms with E-state index < -0.39 is 0 Å². The molecular formula is C17H24S. The minimum atomic E-state index is 0.608. The van der Waals surface area contributed by atoms with Gasteiger partial charge in [0.1, 0.15) is 0 Å². The van der Waals surface area contributed by atoms with E-state index in [2.05, 4.69) is 59.7 Å². The van der Waals surface area contributed by atoms with E-state index in [1.54, 1.807) is 10.4 Å². The van der Waals surface area contributed by atoms with E-state index in [0.29, 0.717) is 17.8 Å². The first-order valence-corrected chi connectivity index (χ1v) is 7.79. The highest BCUT2D eigenvalue weighted by atomic mass is 32.1. The molecule has 0 aliphatic rings. The first kappa shape index (κ1) is 13.6. The van der Waals surface area contributed by atoms with E-state index in [9.17, 15) is 0 Å². The topological polar surface area (TPSA) is 0 Å². The zero-order chi connectivity index (χ0) is 13.4. The molecule has 0 aliphatic carbocycles. The van der Waals surface area contributed by atoms with Crippen molar-refractivity contribution in [2.24, 2.45) is 0 Å². The van der Waals surface area contributed by atoms with Crippen molar-refractivity contribution in [2.45, 2.75) is 59.3 Å². The molecule has 0 atom stereocenters. The van der Waals surface area contributed by atoms with Crippen LogP contribution in [0.5, 0.6) is 0 Å². The lowest BCUT2D eigenvalue weighted by Gasteiger charge is -2.11. The maximum absolute atomic E-state index is 2.41. The Morgan fingerprint density at radius 2 is 1.50 bits per heavy atom. The van der Waals surface area contributed by atoms with Gasteiger partial charge >= 0.3 is 0 Å². The van der Waals surface area contributed by atoms with Crippen LogP contribution in [0.1, 0.15) is 75.3 Å². The summed E-state index contributed by atoms with van der Waals surface area (Å²) >= 11 is 1.98. The maximum Gasteiger partial charge on any atom is 0.0348 e. The minimum Gasteiger partial charge on any atom is -0.140 e. The fourth-order valence-electron chi connectivity index (χ4n) is 2.54. The van der Waals surface area contributed by atoms with Crippen molar-refractivity contribution in [3.8, 4) is 0 Å². The van der Waals surface area contributed by atoms with Gasteiger partial charge in [-0.1, -0.05) is 47.6 Å². The average molecular weight is 260 g/mol. The molecule has 1 heteroatoms. The molecule has 2 rings (SSSR count). The summed E-state index contributed by atoms with van der Waals surface area (Å²) in [6.07, 6.45) is 0. The number of fused-ring (bicyclic) bond motifs is 1. The van der Waals surface area contributed by atoms with Crippen LogP contribution in [0.25, 0.3) is 10.1 Å². The van der Waals surface area contributed by atoms with Crippen molar-refractivity contribution in [1.82, 2.24) is 0 Å². The molecule has 1 heterocycles. The molecular weight excluding hydrogens is 236 g/mol. The lowest BCUT2D eigenvalue weighted by molar-refractivity contribution is 0.815. The molecule has 2 aromatic rings. The van der Waals surface area contributed by atoms with Gasteiger partial charge < -0.3 is 0 Å². The summed E-state index contributed by atoms with van der Waals surface area (Å²) in [7, 11) is 0. The summed E-state index contributed by atoms with van der Waals surface area (Å²) in [5.74, 6) is 1.85. The predicted octanol–water partition coefficient (Wildman–Crippen LogP) is 6.27. The van der Waals surface area contributed by atoms with E-state index in [4.69, 9.17) is 0 Å². The van der Waals surface area contributed by atoms with Crippen LogP contribution < -0.4 is 0 Å². The zero-order valence-electron chi connectivity index (χ0n) is 12.4. The second kappa shape index (κ2) is 5.05. The predicted molar refractivity (Wildman–Crippen MR) is 84.1 cm³/mol. The van der Waals surface area contributed by atoms with Gasteiger partial charge in [-0.25, -0.2) is 0 Å². The van der Waals surface area contributed by atoms with Gasteiger partial charge in [0, 0.05) is 9.58 Å². The molecule has 1 aromatic heterocycles. The molecule has 0 saturated heterocycles. The van der Waals surface area contributed by atoms with Crippen LogP contribution in [0.15, 0.2) is 18.2 Å². The van der Waals surface area contributed by atoms with Crippen LogP contribution in [-0.4, -0.2) is 0 Å². The van der Waals surface area contributed by atoms with Crippen LogP contribution in [0.2, 0.25) is 0 Å². The summed E-state index contributed by atoms with van der Waals surface area (Å²) in [6.45, 7) is 13.8. The van der Waals surface area contributed by atoms with Gasteiger partial charge in [-0.2, -0.15) is 0 Å². The summed E-state index contributed by atoms with van der Waals surface area (Å²) in [4.78, 5) is 1.57. The molecule has 98 valence electrons. The Kier molecular flexibility index (Phi) is 3.82. The van der Waals surface area contributed by atoms with Gasteiger partial charge in [0.15, 0.2) is 0 Å². The Labute approximate surface area is 115 Å². The van der Waals surface area contributed by atoms with E-state index in [1.807, 2.05) is 11.3 Å². The van der Waals surface area contributed by atoms with Gasteiger partial charge in [-0.15, -0.1) is 11.3 Å². The van der Waals surface area contributed by atoms with E-state index in [-0.39, 0.29) is 0 Å². The number of hydrogen-bond acceptors (Lipinski definition) is 1. The highest BCUT2D eigenvalue weighted by Gasteiger charge is 2.17. The van der Waals surface area contributed by atoms with Gasteiger partial charge in [-0.05, 0) is 46.4 Å². The fourth-order valence-corrected chi connectivity index (χ4v) is 3.88. The number of hydrogen-bond donors (Lipinski definition) is 0. The molecule has 18 heavy (non-hydrogen) atoms. The van der Waals surface area contributed by atoms with Crippen LogP contribution in [0.3, 0.4) is 0 Å². The molecule has 0 unspecified atom stereocenters. The van der Waals surface area contributed by atoms with Crippen LogP contribution >= 0.6 is 11.3 Å². The van der Waals surface area contributed by atoms with Crippen LogP contribution in [-0.2, 0) is 0 Å². The molecule has 0 N–H and O–H groups in total. The third kappa shape index (κ3) is 2.33. The second-order valence-electron chi connectivity index (χ2n) is 6.10. The lowest BCUT2D eigenvalue weighted by atomic mass is 9.93. The van der Waals surface area contributed by atoms with Gasteiger partial charge in [-0.3, -0.25) is 0 Å². The largest absolute Gasteiger partial charge is 0.140 e. The number of rotatable bonds is 3. The quantitative estimate of drug-likeness (QED) is 0.610. The van der Waals surface area contributed by atoms with Crippen molar-refractivity contribution in [3.05, 3.63) is 34.2 Å². The molecule has 0 spiro atoms. The normalized spacial score (nSPS) is 12.3. The first-order valence-electron chi connectivity index (χ1n) is 6.98. The van der Waals surface area contributed by atoms with Crippen molar-refractivity contribution in [1.29, 1.82) is 0 Å². The van der Waals surface area contributed by atoms with Gasteiger partial charge in [0.05, 0.1) is 0 Å². The van der Waals surface area contributed by atoms with E-state index >= 15 is 0 Å². The summed E-state index contributed by atoms with van der Waals surface area (Å²) in [5, 5.41) is 1.49. The highest BCUT2D eigenvalue weighted by molar-refractivity contribution is 7.19. The molecule has 1 aromatic carbocycles. The van der Waals surface area contributed by atoms with Gasteiger partial charge in [0.25, 0.3) is 0 Å². The Hall–Kier alpha value is -0.820. The number of benzene rings is 1. The maximum atomic E-state index is 2.41. The zero-order valence-corrected chi connectivity index (χ0v) is 13.2. The van der Waals surface area contributed by atoms with Crippen LogP contribution in [0.4, 0.5) is 0 Å². The Balaban J connectivity index is 2.71. The van der Waals surface area contributed by atoms with Crippen molar-refractivity contribution < 1.29 is 0 Å². The lowest BCUT2D eigenvalue weighted by Crippen LogP contribution is -1.94. The standard InChI is InChI=1S/C17H24S/c1-10(2)13-7-8-15-14(9-13)16(11(3)4)17(18-15)12(5)6/h7-12H,1-6H3. The first-order chi connectivity index (χ1) is 8.41. The number of thiophene rings is 1. The van der Waals surface area contributed by atoms with Crippen molar-refractivity contribution in [3.63, 3.8) is 0 Å². The molecule has 0 radical (unpaired) electrons. The monoisotopic (exact) mass is 260 g/mol. The van der Waals surface area contributed by atoms with E-state index in [1.165, 1.54) is 15.6 Å². The molecule has 0 bridgehead atoms. The summed E-state index contributed by atoms with van der Waals surface area (Å²) in [5.41, 5.74) is 3.03. The second-order valence-corrected chi connectivity index (χ2v) is 7.18. The highest BCUT2D eigenvalue weighted by Crippen LogP contribution is 2.40. The van der Waals surface area contributed by atoms with Crippen LogP contribution in [0, 0.1) is 0 Å². The Morgan fingerprint density at radius 1 is 0.833 bits per heavy atom. The molecule has 0 saturated carbocycles. The third-order valence-electron chi connectivity index (χ3n) is 3.55. The van der Waals surface area contributed by atoms with Gasteiger partial charge in [0.2, 0.25) is 0 Å². The summed E-state index contributed by atoms with van der Waals surface area (Å²) < 4.78 is 1.45. The minimum absolute atomic E-state index is 0.608. The Bertz CT molecular complexity index is 544. The molecule has 0 nitrogen and oxygen atoms in total. The molecule has 0 amide bonds. The van der Waals surface area contributed by atoms with Crippen molar-refractivity contribution in [2.75, 3.05) is 0 Å². The summed E-state index contributed by atoms with van der Waals surface area (Å²) in [6, 6.07) is 7.02. The SMILES string of the molecule is CC(C)c1ccc2sc(C(C)C)c(C(C)C)c2c1. The van der Waals surface area contributed by atoms with E-state index in [0.717, 1.165) is 0 Å². The fraction of sp³-hybridized carbons (Fsp3) is 0.529. The smallest absolute Gasteiger partial charge is 0.0348 e. The third-order valence-corrected chi connectivity index (χ3v) is 5.03. The molecule has 0 fully saturated rings. The molecule has 0 aliphatic heterocycles. The van der Waals surface area contributed by atoms with Crippen molar-refractivity contribution >= 4 is 21.4 Å².